The number of aromatic nitrogens is 2. The number of nitrogens with zero attached hydrogens (tertiary/aromatic N) is 1. The van der Waals surface area contributed by atoms with Gasteiger partial charge in [-0.2, -0.15) is 5.10 Å². The zero-order valence-electron chi connectivity index (χ0n) is 12.6. The van der Waals surface area contributed by atoms with E-state index in [1.165, 1.54) is 0 Å². The number of hydrogen-bond donors (Lipinski definition) is 2. The van der Waals surface area contributed by atoms with Crippen molar-refractivity contribution >= 4 is 10.0 Å². The summed E-state index contributed by atoms with van der Waals surface area (Å²) in [6, 6.07) is 9.40. The molecular formula is C15H19N3O3S. The molecule has 0 atom stereocenters. The normalized spacial score (nSPS) is 11.5. The number of benzene rings is 1. The predicted octanol–water partition coefficient (Wildman–Crippen LogP) is 1.05. The fourth-order valence-corrected chi connectivity index (χ4v) is 3.05. The molecular weight excluding hydrogens is 302 g/mol. The molecule has 1 aromatic carbocycles. The molecule has 0 radical (unpaired) electrons. The third-order valence-electron chi connectivity index (χ3n) is 3.57. The molecule has 0 aliphatic carbocycles. The van der Waals surface area contributed by atoms with Gasteiger partial charge in [-0.3, -0.25) is 4.79 Å². The van der Waals surface area contributed by atoms with Gasteiger partial charge in [0.1, 0.15) is 0 Å². The van der Waals surface area contributed by atoms with E-state index in [2.05, 4.69) is 14.9 Å². The number of nitrogens with one attached hydrogen (secondary N) is 2. The van der Waals surface area contributed by atoms with Crippen LogP contribution in [0.15, 0.2) is 35.1 Å². The van der Waals surface area contributed by atoms with Gasteiger partial charge in [0, 0.05) is 12.1 Å². The maximum absolute atomic E-state index is 12.0. The Hall–Kier alpha value is -1.99. The SMILES string of the molecule is Cc1n[nH]c(=O)c(CNS(=O)(=O)CCc2ccccc2)c1C. The predicted molar refractivity (Wildman–Crippen MR) is 85.1 cm³/mol. The number of hydrogen-bond acceptors (Lipinski definition) is 4. The highest BCUT2D eigenvalue weighted by atomic mass is 32.2. The van der Waals surface area contributed by atoms with E-state index >= 15 is 0 Å². The minimum Gasteiger partial charge on any atom is -0.268 e. The molecule has 0 spiro atoms. The average molecular weight is 321 g/mol. The number of sulfonamides is 1. The molecule has 0 fully saturated rings. The van der Waals surface area contributed by atoms with E-state index in [0.717, 1.165) is 5.56 Å². The molecule has 0 bridgehead atoms. The van der Waals surface area contributed by atoms with Crippen molar-refractivity contribution in [1.29, 1.82) is 0 Å². The zero-order valence-corrected chi connectivity index (χ0v) is 13.4. The summed E-state index contributed by atoms with van der Waals surface area (Å²) in [5, 5.41) is 6.21. The second-order valence-corrected chi connectivity index (χ2v) is 7.04. The van der Waals surface area contributed by atoms with Gasteiger partial charge in [-0.05, 0) is 31.4 Å². The molecule has 0 aliphatic rings. The Balaban J connectivity index is 2.01. The van der Waals surface area contributed by atoms with Crippen LogP contribution in [0.5, 0.6) is 0 Å². The molecule has 0 amide bonds. The largest absolute Gasteiger partial charge is 0.268 e. The molecule has 2 aromatic rings. The molecule has 7 heteroatoms. The van der Waals surface area contributed by atoms with Crippen LogP contribution in [0.3, 0.4) is 0 Å². The Morgan fingerprint density at radius 1 is 1.18 bits per heavy atom. The van der Waals surface area contributed by atoms with Crippen LogP contribution in [0.25, 0.3) is 0 Å². The van der Waals surface area contributed by atoms with E-state index in [4.69, 9.17) is 0 Å². The monoisotopic (exact) mass is 321 g/mol. The number of rotatable bonds is 6. The minimum atomic E-state index is -3.45. The summed E-state index contributed by atoms with van der Waals surface area (Å²) in [5.41, 5.74) is 2.37. The third-order valence-corrected chi connectivity index (χ3v) is 4.89. The van der Waals surface area contributed by atoms with Crippen LogP contribution >= 0.6 is 0 Å². The highest BCUT2D eigenvalue weighted by Crippen LogP contribution is 2.06. The van der Waals surface area contributed by atoms with Crippen molar-refractivity contribution in [2.45, 2.75) is 26.8 Å². The van der Waals surface area contributed by atoms with Crippen molar-refractivity contribution < 1.29 is 8.42 Å². The molecule has 0 saturated carbocycles. The second-order valence-electron chi connectivity index (χ2n) is 5.12. The van der Waals surface area contributed by atoms with E-state index in [1.807, 2.05) is 30.3 Å². The average Bonchev–Trinajstić information content (AvgIpc) is 2.50. The van der Waals surface area contributed by atoms with Crippen molar-refractivity contribution in [3.05, 3.63) is 63.1 Å². The molecule has 118 valence electrons. The topological polar surface area (TPSA) is 91.9 Å². The molecule has 6 nitrogen and oxygen atoms in total. The lowest BCUT2D eigenvalue weighted by molar-refractivity contribution is 0.580. The van der Waals surface area contributed by atoms with Crippen LogP contribution < -0.4 is 10.3 Å². The van der Waals surface area contributed by atoms with Gasteiger partial charge >= 0.3 is 0 Å². The Morgan fingerprint density at radius 3 is 2.55 bits per heavy atom. The maximum atomic E-state index is 12.0. The number of aromatic amines is 1. The first-order valence-corrected chi connectivity index (χ1v) is 8.60. The van der Waals surface area contributed by atoms with Crippen LogP contribution in [-0.4, -0.2) is 24.4 Å². The van der Waals surface area contributed by atoms with Crippen LogP contribution in [0.1, 0.15) is 22.4 Å². The molecule has 22 heavy (non-hydrogen) atoms. The van der Waals surface area contributed by atoms with Gasteiger partial charge in [0.15, 0.2) is 0 Å². The fourth-order valence-electron chi connectivity index (χ4n) is 2.04. The summed E-state index contributed by atoms with van der Waals surface area (Å²) < 4.78 is 26.6. The molecule has 0 unspecified atom stereocenters. The molecule has 1 heterocycles. The van der Waals surface area contributed by atoms with Gasteiger partial charge in [-0.1, -0.05) is 30.3 Å². The number of aryl methyl sites for hydroxylation is 2. The summed E-state index contributed by atoms with van der Waals surface area (Å²) in [6.07, 6.45) is 0.431. The maximum Gasteiger partial charge on any atom is 0.268 e. The van der Waals surface area contributed by atoms with Gasteiger partial charge in [0.25, 0.3) is 5.56 Å². The summed E-state index contributed by atoms with van der Waals surface area (Å²) in [5.74, 6) is -0.0158. The standard InChI is InChI=1S/C15H19N3O3S/c1-11-12(2)17-18-15(19)14(11)10-16-22(20,21)9-8-13-6-4-3-5-7-13/h3-7,16H,8-10H2,1-2H3,(H,18,19). The first-order chi connectivity index (χ1) is 10.4. The van der Waals surface area contributed by atoms with Gasteiger partial charge < -0.3 is 0 Å². The van der Waals surface area contributed by atoms with Crippen LogP contribution in [-0.2, 0) is 23.0 Å². The molecule has 0 aliphatic heterocycles. The van der Waals surface area contributed by atoms with Crippen LogP contribution in [0.4, 0.5) is 0 Å². The zero-order chi connectivity index (χ0) is 16.2. The van der Waals surface area contributed by atoms with Crippen molar-refractivity contribution in [3.8, 4) is 0 Å². The lowest BCUT2D eigenvalue weighted by Gasteiger charge is -2.09. The van der Waals surface area contributed by atoms with Crippen molar-refractivity contribution in [1.82, 2.24) is 14.9 Å². The summed E-state index contributed by atoms with van der Waals surface area (Å²) in [4.78, 5) is 11.7. The summed E-state index contributed by atoms with van der Waals surface area (Å²) in [6.45, 7) is 3.49. The van der Waals surface area contributed by atoms with Gasteiger partial charge in [-0.15, -0.1) is 0 Å². The van der Waals surface area contributed by atoms with E-state index in [9.17, 15) is 13.2 Å². The Morgan fingerprint density at radius 2 is 1.86 bits per heavy atom. The highest BCUT2D eigenvalue weighted by Gasteiger charge is 2.14. The van der Waals surface area contributed by atoms with Gasteiger partial charge in [0.2, 0.25) is 10.0 Å². The molecule has 0 saturated heterocycles. The van der Waals surface area contributed by atoms with E-state index in [0.29, 0.717) is 23.2 Å². The van der Waals surface area contributed by atoms with E-state index in [-0.39, 0.29) is 17.9 Å². The lowest BCUT2D eigenvalue weighted by atomic mass is 10.1. The third kappa shape index (κ3) is 4.25. The van der Waals surface area contributed by atoms with Gasteiger partial charge in [-0.25, -0.2) is 18.2 Å². The quantitative estimate of drug-likeness (QED) is 0.832. The van der Waals surface area contributed by atoms with E-state index < -0.39 is 10.0 Å². The highest BCUT2D eigenvalue weighted by molar-refractivity contribution is 7.89. The first-order valence-electron chi connectivity index (χ1n) is 6.95. The number of H-pyrrole nitrogens is 1. The molecule has 2 N–H and O–H groups in total. The fraction of sp³-hybridized carbons (Fsp3) is 0.333. The Kier molecular flexibility index (Phi) is 5.10. The summed E-state index contributed by atoms with van der Waals surface area (Å²) in [7, 11) is -3.45. The minimum absolute atomic E-state index is 0.0158. The van der Waals surface area contributed by atoms with Crippen LogP contribution in [0.2, 0.25) is 0 Å². The first kappa shape index (κ1) is 16.4. The van der Waals surface area contributed by atoms with Crippen molar-refractivity contribution in [2.24, 2.45) is 0 Å². The smallest absolute Gasteiger partial charge is 0.268 e. The molecule has 2 rings (SSSR count). The van der Waals surface area contributed by atoms with Crippen molar-refractivity contribution in [3.63, 3.8) is 0 Å². The van der Waals surface area contributed by atoms with Gasteiger partial charge in [0.05, 0.1) is 11.4 Å². The van der Waals surface area contributed by atoms with Crippen molar-refractivity contribution in [2.75, 3.05) is 5.75 Å². The molecule has 1 aromatic heterocycles. The Labute approximate surface area is 129 Å². The van der Waals surface area contributed by atoms with Crippen LogP contribution in [0, 0.1) is 13.8 Å². The summed E-state index contributed by atoms with van der Waals surface area (Å²) >= 11 is 0. The lowest BCUT2D eigenvalue weighted by Crippen LogP contribution is -2.30. The van der Waals surface area contributed by atoms with E-state index in [1.54, 1.807) is 13.8 Å². The Bertz CT molecular complexity index is 799. The second kappa shape index (κ2) is 6.85.